The van der Waals surface area contributed by atoms with Crippen LogP contribution >= 0.6 is 0 Å². The largest absolute Gasteiger partial charge is 0.355 e. The zero-order valence-corrected chi connectivity index (χ0v) is 8.10. The summed E-state index contributed by atoms with van der Waals surface area (Å²) in [5.74, 6) is -2.31. The van der Waals surface area contributed by atoms with E-state index in [1.807, 2.05) is 0 Å². The Bertz CT molecular complexity index is 511. The van der Waals surface area contributed by atoms with Gasteiger partial charge in [0.15, 0.2) is 11.6 Å². The third kappa shape index (κ3) is 2.34. The summed E-state index contributed by atoms with van der Waals surface area (Å²) in [5.41, 5.74) is 0.687. The van der Waals surface area contributed by atoms with Crippen LogP contribution in [0.15, 0.2) is 36.4 Å². The first kappa shape index (κ1) is 10.5. The van der Waals surface area contributed by atoms with Crippen molar-refractivity contribution < 1.29 is 13.2 Å². The van der Waals surface area contributed by atoms with Gasteiger partial charge < -0.3 is 5.32 Å². The van der Waals surface area contributed by atoms with E-state index in [9.17, 15) is 13.2 Å². The second-order valence-corrected chi connectivity index (χ2v) is 3.17. The van der Waals surface area contributed by atoms with Gasteiger partial charge in [-0.15, -0.1) is 0 Å². The van der Waals surface area contributed by atoms with Crippen LogP contribution in [-0.2, 0) is 0 Å². The van der Waals surface area contributed by atoms with Gasteiger partial charge in [-0.25, -0.2) is 13.2 Å². The molecule has 0 heterocycles. The number of hydrogen-bond donors (Lipinski definition) is 1. The molecule has 0 aromatic heterocycles. The third-order valence-electron chi connectivity index (χ3n) is 1.96. The van der Waals surface area contributed by atoms with Crippen LogP contribution < -0.4 is 5.32 Å². The van der Waals surface area contributed by atoms with Crippen LogP contribution in [0.5, 0.6) is 0 Å². The lowest BCUT2D eigenvalue weighted by Gasteiger charge is -2.06. The van der Waals surface area contributed by atoms with Crippen LogP contribution in [-0.4, -0.2) is 0 Å². The van der Waals surface area contributed by atoms with Gasteiger partial charge in [-0.2, -0.15) is 0 Å². The first-order valence-electron chi connectivity index (χ1n) is 4.54. The maximum absolute atomic E-state index is 12.9. The fourth-order valence-electron chi connectivity index (χ4n) is 1.24. The fraction of sp³-hybridized carbons (Fsp3) is 0. The first-order valence-corrected chi connectivity index (χ1v) is 4.54. The number of anilines is 2. The Balaban J connectivity index is 2.24. The van der Waals surface area contributed by atoms with E-state index >= 15 is 0 Å². The van der Waals surface area contributed by atoms with Crippen molar-refractivity contribution in [2.24, 2.45) is 0 Å². The molecule has 1 radical (unpaired) electrons. The minimum atomic E-state index is -0.957. The number of nitrogens with one attached hydrogen (secondary N) is 1. The van der Waals surface area contributed by atoms with E-state index in [0.29, 0.717) is 11.4 Å². The highest BCUT2D eigenvalue weighted by molar-refractivity contribution is 5.58. The Morgan fingerprint density at radius 3 is 2.44 bits per heavy atom. The van der Waals surface area contributed by atoms with Crippen LogP contribution in [0.4, 0.5) is 24.5 Å². The molecule has 4 heteroatoms. The molecule has 0 unspecified atom stereocenters. The smallest absolute Gasteiger partial charge is 0.160 e. The molecule has 0 aliphatic rings. The van der Waals surface area contributed by atoms with Crippen molar-refractivity contribution in [2.45, 2.75) is 0 Å². The van der Waals surface area contributed by atoms with Gasteiger partial charge in [0.1, 0.15) is 5.82 Å². The topological polar surface area (TPSA) is 12.0 Å². The van der Waals surface area contributed by atoms with Gasteiger partial charge in [0.25, 0.3) is 0 Å². The van der Waals surface area contributed by atoms with Gasteiger partial charge in [-0.3, -0.25) is 0 Å². The van der Waals surface area contributed by atoms with Crippen LogP contribution in [0.25, 0.3) is 0 Å². The van der Waals surface area contributed by atoms with Crippen molar-refractivity contribution in [3.05, 3.63) is 59.9 Å². The van der Waals surface area contributed by atoms with Crippen molar-refractivity contribution in [2.75, 3.05) is 5.32 Å². The number of rotatable bonds is 2. The molecule has 0 saturated carbocycles. The van der Waals surface area contributed by atoms with E-state index in [2.05, 4.69) is 11.4 Å². The molecule has 0 spiro atoms. The van der Waals surface area contributed by atoms with Crippen molar-refractivity contribution in [1.29, 1.82) is 0 Å². The SMILES string of the molecule is Fc1cc[c]c(Nc2ccc(F)c(F)c2)c1. The van der Waals surface area contributed by atoms with Gasteiger partial charge in [-0.1, -0.05) is 0 Å². The predicted molar refractivity (Wildman–Crippen MR) is 54.9 cm³/mol. The lowest BCUT2D eigenvalue weighted by molar-refractivity contribution is 0.509. The van der Waals surface area contributed by atoms with Gasteiger partial charge in [-0.05, 0) is 30.3 Å². The van der Waals surface area contributed by atoms with E-state index in [0.717, 1.165) is 12.1 Å². The zero-order valence-electron chi connectivity index (χ0n) is 8.10. The Kier molecular flexibility index (Phi) is 2.81. The summed E-state index contributed by atoms with van der Waals surface area (Å²) in [6.07, 6.45) is 0. The molecule has 2 aromatic rings. The standard InChI is InChI=1S/C12H7F3N/c13-8-2-1-3-9(6-8)16-10-4-5-11(14)12(15)7-10/h1-2,4-7,16H. The molecule has 1 N–H and O–H groups in total. The summed E-state index contributed by atoms with van der Waals surface area (Å²) in [6.45, 7) is 0. The number of hydrogen-bond acceptors (Lipinski definition) is 1. The Morgan fingerprint density at radius 1 is 0.938 bits per heavy atom. The van der Waals surface area contributed by atoms with Gasteiger partial charge in [0, 0.05) is 23.5 Å². The number of benzene rings is 2. The predicted octanol–water partition coefficient (Wildman–Crippen LogP) is 3.65. The lowest BCUT2D eigenvalue weighted by Crippen LogP contribution is -1.93. The highest BCUT2D eigenvalue weighted by Crippen LogP contribution is 2.18. The average Bonchev–Trinajstić information content (AvgIpc) is 2.24. The Morgan fingerprint density at radius 2 is 1.75 bits per heavy atom. The summed E-state index contributed by atoms with van der Waals surface area (Å²) >= 11 is 0. The van der Waals surface area contributed by atoms with Gasteiger partial charge in [0.05, 0.1) is 0 Å². The quantitative estimate of drug-likeness (QED) is 0.817. The summed E-state index contributed by atoms with van der Waals surface area (Å²) in [7, 11) is 0. The van der Waals surface area contributed by atoms with Crippen LogP contribution in [0.2, 0.25) is 0 Å². The molecule has 81 valence electrons. The molecule has 2 aromatic carbocycles. The molecule has 0 fully saturated rings. The zero-order chi connectivity index (χ0) is 11.5. The van der Waals surface area contributed by atoms with Crippen LogP contribution in [0.3, 0.4) is 0 Å². The first-order chi connectivity index (χ1) is 7.65. The summed E-state index contributed by atoms with van der Waals surface area (Å²) in [6, 6.07) is 9.93. The number of halogens is 3. The molecule has 0 amide bonds. The Hall–Kier alpha value is -1.97. The van der Waals surface area contributed by atoms with E-state index < -0.39 is 17.5 Å². The molecular weight excluding hydrogens is 215 g/mol. The molecule has 1 nitrogen and oxygen atoms in total. The van der Waals surface area contributed by atoms with E-state index in [-0.39, 0.29) is 0 Å². The van der Waals surface area contributed by atoms with Gasteiger partial charge in [0.2, 0.25) is 0 Å². The van der Waals surface area contributed by atoms with E-state index in [1.54, 1.807) is 0 Å². The molecular formula is C12H7F3N. The highest BCUT2D eigenvalue weighted by atomic mass is 19.2. The van der Waals surface area contributed by atoms with E-state index in [4.69, 9.17) is 0 Å². The third-order valence-corrected chi connectivity index (χ3v) is 1.96. The van der Waals surface area contributed by atoms with Crippen LogP contribution in [0.1, 0.15) is 0 Å². The molecule has 0 saturated heterocycles. The summed E-state index contributed by atoms with van der Waals surface area (Å²) in [4.78, 5) is 0. The average molecular weight is 222 g/mol. The molecule has 2 rings (SSSR count). The molecule has 0 aliphatic heterocycles. The highest BCUT2D eigenvalue weighted by Gasteiger charge is 2.03. The van der Waals surface area contributed by atoms with Crippen LogP contribution in [0, 0.1) is 23.5 Å². The Labute approximate surface area is 90.5 Å². The molecule has 0 bridgehead atoms. The maximum Gasteiger partial charge on any atom is 0.160 e. The molecule has 16 heavy (non-hydrogen) atoms. The second-order valence-electron chi connectivity index (χ2n) is 3.17. The maximum atomic E-state index is 12.9. The van der Waals surface area contributed by atoms with Crippen molar-refractivity contribution in [1.82, 2.24) is 0 Å². The normalized spacial score (nSPS) is 10.2. The van der Waals surface area contributed by atoms with Crippen molar-refractivity contribution in [3.8, 4) is 0 Å². The van der Waals surface area contributed by atoms with Crippen molar-refractivity contribution >= 4 is 11.4 Å². The lowest BCUT2D eigenvalue weighted by atomic mass is 10.2. The molecule has 0 aliphatic carbocycles. The fourth-order valence-corrected chi connectivity index (χ4v) is 1.24. The van der Waals surface area contributed by atoms with Gasteiger partial charge >= 0.3 is 0 Å². The minimum Gasteiger partial charge on any atom is -0.355 e. The summed E-state index contributed by atoms with van der Waals surface area (Å²) < 4.78 is 38.3. The second kappa shape index (κ2) is 4.26. The monoisotopic (exact) mass is 222 g/mol. The minimum absolute atomic E-state index is 0.334. The van der Waals surface area contributed by atoms with Crippen molar-refractivity contribution in [3.63, 3.8) is 0 Å². The summed E-state index contributed by atoms with van der Waals surface area (Å²) in [5, 5.41) is 2.71. The molecule has 0 atom stereocenters. The van der Waals surface area contributed by atoms with E-state index in [1.165, 1.54) is 24.3 Å².